The van der Waals surface area contributed by atoms with Gasteiger partial charge >= 0.3 is 5.97 Å². The van der Waals surface area contributed by atoms with Crippen LogP contribution >= 0.6 is 11.6 Å². The highest BCUT2D eigenvalue weighted by Crippen LogP contribution is 2.48. The maximum atomic E-state index is 10.9. The SMILES string of the molecule is O=C(O)C1(Cc2ccc(Cl)nc2)CC1. The minimum atomic E-state index is -0.701. The van der Waals surface area contributed by atoms with Crippen LogP contribution in [0.5, 0.6) is 0 Å². The Balaban J connectivity index is 2.11. The largest absolute Gasteiger partial charge is 0.481 e. The van der Waals surface area contributed by atoms with E-state index in [0.717, 1.165) is 18.4 Å². The molecule has 4 heteroatoms. The molecule has 1 aliphatic carbocycles. The van der Waals surface area contributed by atoms with Crippen LogP contribution < -0.4 is 0 Å². The summed E-state index contributed by atoms with van der Waals surface area (Å²) >= 11 is 5.63. The smallest absolute Gasteiger partial charge is 0.309 e. The van der Waals surface area contributed by atoms with Gasteiger partial charge < -0.3 is 5.11 Å². The van der Waals surface area contributed by atoms with E-state index in [1.165, 1.54) is 0 Å². The molecule has 1 fully saturated rings. The van der Waals surface area contributed by atoms with Gasteiger partial charge in [-0.1, -0.05) is 17.7 Å². The van der Waals surface area contributed by atoms with Crippen molar-refractivity contribution in [3.05, 3.63) is 29.0 Å². The standard InChI is InChI=1S/C10H10ClNO2/c11-8-2-1-7(6-12-8)5-10(3-4-10)9(13)14/h1-2,6H,3-5H2,(H,13,14). The van der Waals surface area contributed by atoms with Crippen LogP contribution in [0, 0.1) is 5.41 Å². The Kier molecular flexibility index (Phi) is 2.19. The average molecular weight is 212 g/mol. The predicted octanol–water partition coefficient (Wildman–Crippen LogP) is 2.14. The number of carboxylic acids is 1. The van der Waals surface area contributed by atoms with Gasteiger partial charge in [-0.2, -0.15) is 0 Å². The Bertz CT molecular complexity index is 357. The maximum absolute atomic E-state index is 10.9. The van der Waals surface area contributed by atoms with Gasteiger partial charge in [0.2, 0.25) is 0 Å². The number of hydrogen-bond acceptors (Lipinski definition) is 2. The van der Waals surface area contributed by atoms with Crippen molar-refractivity contribution in [2.75, 3.05) is 0 Å². The topological polar surface area (TPSA) is 50.2 Å². The second-order valence-electron chi connectivity index (χ2n) is 3.75. The van der Waals surface area contributed by atoms with Gasteiger partial charge in [-0.25, -0.2) is 4.98 Å². The summed E-state index contributed by atoms with van der Waals surface area (Å²) in [5, 5.41) is 9.41. The first-order chi connectivity index (χ1) is 6.62. The van der Waals surface area contributed by atoms with E-state index >= 15 is 0 Å². The predicted molar refractivity (Wildman–Crippen MR) is 52.3 cm³/mol. The van der Waals surface area contributed by atoms with E-state index in [-0.39, 0.29) is 0 Å². The van der Waals surface area contributed by atoms with Crippen molar-refractivity contribution in [2.45, 2.75) is 19.3 Å². The molecule has 0 radical (unpaired) electrons. The molecule has 0 aliphatic heterocycles. The fourth-order valence-corrected chi connectivity index (χ4v) is 1.63. The zero-order valence-electron chi connectivity index (χ0n) is 7.53. The number of aliphatic carboxylic acids is 1. The lowest BCUT2D eigenvalue weighted by atomic mass is 9.98. The molecule has 1 aliphatic rings. The molecule has 0 aromatic carbocycles. The highest BCUT2D eigenvalue weighted by Gasteiger charge is 2.49. The third-order valence-corrected chi connectivity index (χ3v) is 2.86. The molecule has 1 heterocycles. The Labute approximate surface area is 86.7 Å². The van der Waals surface area contributed by atoms with Crippen LogP contribution in [0.3, 0.4) is 0 Å². The van der Waals surface area contributed by atoms with E-state index in [0.29, 0.717) is 11.6 Å². The van der Waals surface area contributed by atoms with Crippen molar-refractivity contribution in [1.29, 1.82) is 0 Å². The second-order valence-corrected chi connectivity index (χ2v) is 4.14. The van der Waals surface area contributed by atoms with Crippen LogP contribution in [0.1, 0.15) is 18.4 Å². The minimum absolute atomic E-state index is 0.439. The number of hydrogen-bond donors (Lipinski definition) is 1. The summed E-state index contributed by atoms with van der Waals surface area (Å²) in [7, 11) is 0. The van der Waals surface area contributed by atoms with E-state index in [1.807, 2.05) is 6.07 Å². The Hall–Kier alpha value is -1.09. The van der Waals surface area contributed by atoms with Crippen LogP contribution in [0.25, 0.3) is 0 Å². The minimum Gasteiger partial charge on any atom is -0.481 e. The lowest BCUT2D eigenvalue weighted by Crippen LogP contribution is -2.17. The van der Waals surface area contributed by atoms with Gasteiger partial charge in [-0.15, -0.1) is 0 Å². The Morgan fingerprint density at radius 1 is 1.57 bits per heavy atom. The van der Waals surface area contributed by atoms with Gasteiger partial charge in [0.25, 0.3) is 0 Å². The van der Waals surface area contributed by atoms with Gasteiger partial charge in [0.05, 0.1) is 5.41 Å². The number of pyridine rings is 1. The Morgan fingerprint density at radius 3 is 2.71 bits per heavy atom. The molecule has 0 amide bonds. The van der Waals surface area contributed by atoms with Crippen LogP contribution in [0.15, 0.2) is 18.3 Å². The first-order valence-corrected chi connectivity index (χ1v) is 4.84. The number of rotatable bonds is 3. The molecule has 1 aromatic heterocycles. The number of halogens is 1. The first kappa shape index (κ1) is 9.46. The normalized spacial score (nSPS) is 17.8. The highest BCUT2D eigenvalue weighted by molar-refractivity contribution is 6.29. The number of aromatic nitrogens is 1. The maximum Gasteiger partial charge on any atom is 0.309 e. The third-order valence-electron chi connectivity index (χ3n) is 2.64. The summed E-state index contributed by atoms with van der Waals surface area (Å²) in [6.07, 6.45) is 3.74. The van der Waals surface area contributed by atoms with Crippen LogP contribution in [0.2, 0.25) is 5.15 Å². The number of carbonyl (C=O) groups is 1. The summed E-state index contributed by atoms with van der Waals surface area (Å²) < 4.78 is 0. The van der Waals surface area contributed by atoms with Crippen LogP contribution in [0.4, 0.5) is 0 Å². The molecule has 0 saturated heterocycles. The van der Waals surface area contributed by atoms with Gasteiger partial charge in [0, 0.05) is 6.20 Å². The molecule has 74 valence electrons. The fourth-order valence-electron chi connectivity index (χ4n) is 1.52. The van der Waals surface area contributed by atoms with Gasteiger partial charge in [-0.05, 0) is 30.9 Å². The molecule has 0 bridgehead atoms. The molecule has 0 unspecified atom stereocenters. The summed E-state index contributed by atoms with van der Waals surface area (Å²) in [6.45, 7) is 0. The van der Waals surface area contributed by atoms with E-state index in [9.17, 15) is 4.79 Å². The molecule has 0 spiro atoms. The van der Waals surface area contributed by atoms with Crippen molar-refractivity contribution in [2.24, 2.45) is 5.41 Å². The quantitative estimate of drug-likeness (QED) is 0.780. The second kappa shape index (κ2) is 3.24. The van der Waals surface area contributed by atoms with Crippen molar-refractivity contribution in [3.8, 4) is 0 Å². The summed E-state index contributed by atoms with van der Waals surface area (Å²) in [5.74, 6) is -0.701. The molecule has 2 rings (SSSR count). The van der Waals surface area contributed by atoms with Crippen molar-refractivity contribution in [3.63, 3.8) is 0 Å². The van der Waals surface area contributed by atoms with E-state index < -0.39 is 11.4 Å². The summed E-state index contributed by atoms with van der Waals surface area (Å²) in [6, 6.07) is 3.52. The average Bonchev–Trinajstić information content (AvgIpc) is 2.90. The van der Waals surface area contributed by atoms with Gasteiger partial charge in [-0.3, -0.25) is 4.79 Å². The molecular weight excluding hydrogens is 202 g/mol. The van der Waals surface area contributed by atoms with Crippen molar-refractivity contribution < 1.29 is 9.90 Å². The molecule has 3 nitrogen and oxygen atoms in total. The van der Waals surface area contributed by atoms with E-state index in [1.54, 1.807) is 12.3 Å². The van der Waals surface area contributed by atoms with Crippen molar-refractivity contribution in [1.82, 2.24) is 4.98 Å². The lowest BCUT2D eigenvalue weighted by molar-refractivity contribution is -0.143. The summed E-state index contributed by atoms with van der Waals surface area (Å²) in [5.41, 5.74) is 0.421. The lowest BCUT2D eigenvalue weighted by Gasteiger charge is -2.08. The monoisotopic (exact) mass is 211 g/mol. The molecule has 14 heavy (non-hydrogen) atoms. The fraction of sp³-hybridized carbons (Fsp3) is 0.400. The zero-order chi connectivity index (χ0) is 10.2. The molecule has 1 saturated carbocycles. The summed E-state index contributed by atoms with van der Waals surface area (Å²) in [4.78, 5) is 14.8. The van der Waals surface area contributed by atoms with E-state index in [2.05, 4.69) is 4.98 Å². The highest BCUT2D eigenvalue weighted by atomic mass is 35.5. The van der Waals surface area contributed by atoms with Crippen LogP contribution in [-0.4, -0.2) is 16.1 Å². The molecule has 1 aromatic rings. The van der Waals surface area contributed by atoms with Crippen molar-refractivity contribution >= 4 is 17.6 Å². The number of carboxylic acid groups (broad SMARTS) is 1. The Morgan fingerprint density at radius 2 is 2.29 bits per heavy atom. The third kappa shape index (κ3) is 1.73. The zero-order valence-corrected chi connectivity index (χ0v) is 8.29. The van der Waals surface area contributed by atoms with Crippen LogP contribution in [-0.2, 0) is 11.2 Å². The first-order valence-electron chi connectivity index (χ1n) is 4.46. The number of nitrogens with zero attached hydrogens (tertiary/aromatic N) is 1. The molecular formula is C10H10ClNO2. The van der Waals surface area contributed by atoms with E-state index in [4.69, 9.17) is 16.7 Å². The van der Waals surface area contributed by atoms with Gasteiger partial charge in [0.1, 0.15) is 5.15 Å². The molecule has 0 atom stereocenters. The molecule has 1 N–H and O–H groups in total. The van der Waals surface area contributed by atoms with Gasteiger partial charge in [0.15, 0.2) is 0 Å².